The molecule has 1 aliphatic rings. The Balaban J connectivity index is 2.44. The van der Waals surface area contributed by atoms with Gasteiger partial charge < -0.3 is 0 Å². The monoisotopic (exact) mass is 196 g/mol. The van der Waals surface area contributed by atoms with Gasteiger partial charge in [0, 0.05) is 12.0 Å². The number of hydrogen-bond acceptors (Lipinski definition) is 1. The quantitative estimate of drug-likeness (QED) is 0.630. The van der Waals surface area contributed by atoms with Crippen molar-refractivity contribution >= 4 is 16.6 Å². The van der Waals surface area contributed by atoms with E-state index in [4.69, 9.17) is 0 Å². The minimum absolute atomic E-state index is 0.295. The van der Waals surface area contributed by atoms with Crippen LogP contribution in [-0.2, 0) is 0 Å². The molecule has 74 valence electrons. The highest BCUT2D eigenvalue weighted by Gasteiger charge is 2.27. The number of ketones is 1. The summed E-state index contributed by atoms with van der Waals surface area (Å²) >= 11 is 0. The van der Waals surface area contributed by atoms with Crippen molar-refractivity contribution in [1.82, 2.24) is 0 Å². The molecule has 3 rings (SSSR count). The normalized spacial score (nSPS) is 19.5. The van der Waals surface area contributed by atoms with Gasteiger partial charge in [-0.25, -0.2) is 0 Å². The summed E-state index contributed by atoms with van der Waals surface area (Å²) in [7, 11) is 0. The summed E-state index contributed by atoms with van der Waals surface area (Å²) in [5.74, 6) is 0.668. The van der Waals surface area contributed by atoms with Crippen LogP contribution in [0.25, 0.3) is 10.8 Å². The molecule has 1 heteroatoms. The highest BCUT2D eigenvalue weighted by molar-refractivity contribution is 6.06. The van der Waals surface area contributed by atoms with E-state index in [2.05, 4.69) is 19.1 Å². The molecule has 1 unspecified atom stereocenters. The smallest absolute Gasteiger partial charge is 0.163 e. The van der Waals surface area contributed by atoms with Crippen LogP contribution >= 0.6 is 0 Å². The van der Waals surface area contributed by atoms with E-state index < -0.39 is 0 Å². The molecular formula is C14H12O. The fourth-order valence-corrected chi connectivity index (χ4v) is 2.56. The Morgan fingerprint density at radius 2 is 1.93 bits per heavy atom. The predicted molar refractivity (Wildman–Crippen MR) is 61.3 cm³/mol. The third-order valence-corrected chi connectivity index (χ3v) is 3.26. The zero-order valence-electron chi connectivity index (χ0n) is 8.66. The molecule has 0 spiro atoms. The van der Waals surface area contributed by atoms with Crippen molar-refractivity contribution in [1.29, 1.82) is 0 Å². The van der Waals surface area contributed by atoms with Gasteiger partial charge in [0.25, 0.3) is 0 Å². The molecule has 2 aromatic carbocycles. The molecule has 0 aromatic heterocycles. The van der Waals surface area contributed by atoms with E-state index in [9.17, 15) is 4.79 Å². The van der Waals surface area contributed by atoms with Crippen LogP contribution in [0.2, 0.25) is 0 Å². The van der Waals surface area contributed by atoms with Crippen molar-refractivity contribution in [2.45, 2.75) is 19.3 Å². The van der Waals surface area contributed by atoms with E-state index in [0.29, 0.717) is 18.1 Å². The van der Waals surface area contributed by atoms with Gasteiger partial charge in [-0.15, -0.1) is 0 Å². The Morgan fingerprint density at radius 1 is 1.13 bits per heavy atom. The van der Waals surface area contributed by atoms with Gasteiger partial charge in [-0.3, -0.25) is 4.79 Å². The molecule has 0 heterocycles. The van der Waals surface area contributed by atoms with E-state index in [1.54, 1.807) is 0 Å². The third-order valence-electron chi connectivity index (χ3n) is 3.26. The highest BCUT2D eigenvalue weighted by Crippen LogP contribution is 2.37. The van der Waals surface area contributed by atoms with Gasteiger partial charge >= 0.3 is 0 Å². The molecule has 0 aliphatic heterocycles. The Kier molecular flexibility index (Phi) is 1.69. The van der Waals surface area contributed by atoms with E-state index >= 15 is 0 Å². The van der Waals surface area contributed by atoms with Gasteiger partial charge in [0.2, 0.25) is 0 Å². The zero-order valence-corrected chi connectivity index (χ0v) is 8.66. The Morgan fingerprint density at radius 3 is 2.80 bits per heavy atom. The lowest BCUT2D eigenvalue weighted by Gasteiger charge is -2.07. The molecule has 0 saturated carbocycles. The Hall–Kier alpha value is -1.63. The van der Waals surface area contributed by atoms with Crippen molar-refractivity contribution in [2.75, 3.05) is 0 Å². The van der Waals surface area contributed by atoms with Crippen LogP contribution in [0.15, 0.2) is 36.4 Å². The van der Waals surface area contributed by atoms with Crippen LogP contribution in [0, 0.1) is 0 Å². The predicted octanol–water partition coefficient (Wildman–Crippen LogP) is 3.53. The summed E-state index contributed by atoms with van der Waals surface area (Å²) < 4.78 is 0. The molecule has 0 bridgehead atoms. The van der Waals surface area contributed by atoms with E-state index in [1.807, 2.05) is 24.3 Å². The summed E-state index contributed by atoms with van der Waals surface area (Å²) in [5, 5.41) is 2.48. The number of hydrogen-bond donors (Lipinski definition) is 0. The molecule has 0 N–H and O–H groups in total. The maximum Gasteiger partial charge on any atom is 0.163 e. The molecule has 0 radical (unpaired) electrons. The second kappa shape index (κ2) is 2.93. The SMILES string of the molecule is CC1CC(=O)c2ccc3ccccc3c21. The van der Waals surface area contributed by atoms with Crippen LogP contribution in [0.3, 0.4) is 0 Å². The zero-order chi connectivity index (χ0) is 10.4. The first kappa shape index (κ1) is 8.66. The maximum atomic E-state index is 11.7. The van der Waals surface area contributed by atoms with E-state index in [-0.39, 0.29) is 0 Å². The molecule has 0 amide bonds. The van der Waals surface area contributed by atoms with Gasteiger partial charge in [-0.05, 0) is 22.3 Å². The lowest BCUT2D eigenvalue weighted by Crippen LogP contribution is -1.90. The first-order chi connectivity index (χ1) is 7.27. The molecule has 1 atom stereocenters. The summed E-state index contributed by atoms with van der Waals surface area (Å²) in [6.45, 7) is 2.14. The molecule has 1 nitrogen and oxygen atoms in total. The largest absolute Gasteiger partial charge is 0.294 e. The molecule has 0 saturated heterocycles. The highest BCUT2D eigenvalue weighted by atomic mass is 16.1. The third kappa shape index (κ3) is 1.13. The first-order valence-electron chi connectivity index (χ1n) is 5.32. The summed E-state index contributed by atoms with van der Waals surface area (Å²) in [6.07, 6.45) is 0.670. The van der Waals surface area contributed by atoms with Gasteiger partial charge in [0.15, 0.2) is 5.78 Å². The van der Waals surface area contributed by atoms with E-state index in [0.717, 1.165) is 5.56 Å². The molecule has 2 aromatic rings. The van der Waals surface area contributed by atoms with Crippen LogP contribution < -0.4 is 0 Å². The Bertz CT molecular complexity index is 554. The fraction of sp³-hybridized carbons (Fsp3) is 0.214. The average molecular weight is 196 g/mol. The van der Waals surface area contributed by atoms with Gasteiger partial charge in [-0.1, -0.05) is 43.3 Å². The van der Waals surface area contributed by atoms with Crippen LogP contribution in [-0.4, -0.2) is 5.78 Å². The van der Waals surface area contributed by atoms with Crippen LogP contribution in [0.1, 0.15) is 35.2 Å². The summed E-state index contributed by atoms with van der Waals surface area (Å²) in [6, 6.07) is 12.3. The van der Waals surface area contributed by atoms with Crippen molar-refractivity contribution in [3.8, 4) is 0 Å². The van der Waals surface area contributed by atoms with Crippen molar-refractivity contribution < 1.29 is 4.79 Å². The number of carbonyl (C=O) groups excluding carboxylic acids is 1. The minimum atomic E-state index is 0.295. The van der Waals surface area contributed by atoms with Crippen LogP contribution in [0.4, 0.5) is 0 Å². The van der Waals surface area contributed by atoms with E-state index in [1.165, 1.54) is 16.3 Å². The number of Topliss-reactive ketones (excluding diaryl/α,β-unsaturated/α-hetero) is 1. The summed E-state index contributed by atoms with van der Waals surface area (Å²) in [5.41, 5.74) is 2.18. The average Bonchev–Trinajstić information content (AvgIpc) is 2.55. The lowest BCUT2D eigenvalue weighted by atomic mass is 9.96. The van der Waals surface area contributed by atoms with Gasteiger partial charge in [-0.2, -0.15) is 0 Å². The number of carbonyl (C=O) groups is 1. The molecule has 0 fully saturated rings. The second-order valence-corrected chi connectivity index (χ2v) is 4.28. The molecule has 15 heavy (non-hydrogen) atoms. The summed E-state index contributed by atoms with van der Waals surface area (Å²) in [4.78, 5) is 11.7. The van der Waals surface area contributed by atoms with Crippen molar-refractivity contribution in [3.05, 3.63) is 47.5 Å². The van der Waals surface area contributed by atoms with Crippen molar-refractivity contribution in [3.63, 3.8) is 0 Å². The van der Waals surface area contributed by atoms with Gasteiger partial charge in [0.05, 0.1) is 0 Å². The fourth-order valence-electron chi connectivity index (χ4n) is 2.56. The molecular weight excluding hydrogens is 184 g/mol. The Labute approximate surface area is 88.7 Å². The molecule has 1 aliphatic carbocycles. The maximum absolute atomic E-state index is 11.7. The minimum Gasteiger partial charge on any atom is -0.294 e. The first-order valence-corrected chi connectivity index (χ1v) is 5.32. The standard InChI is InChI=1S/C14H12O/c1-9-8-13(15)12-7-6-10-4-2-3-5-11(10)14(9)12/h2-7,9H,8H2,1H3. The number of benzene rings is 2. The van der Waals surface area contributed by atoms with Crippen molar-refractivity contribution in [2.24, 2.45) is 0 Å². The number of fused-ring (bicyclic) bond motifs is 3. The van der Waals surface area contributed by atoms with Crippen LogP contribution in [0.5, 0.6) is 0 Å². The second-order valence-electron chi connectivity index (χ2n) is 4.28. The topological polar surface area (TPSA) is 17.1 Å². The number of rotatable bonds is 0. The lowest BCUT2D eigenvalue weighted by molar-refractivity contribution is 0.0990. The van der Waals surface area contributed by atoms with Gasteiger partial charge in [0.1, 0.15) is 0 Å².